The molecular weight excluding hydrogens is 86.1 g/mol. The van der Waals surface area contributed by atoms with Crippen molar-refractivity contribution >= 4 is 0 Å². The van der Waals surface area contributed by atoms with Crippen molar-refractivity contribution in [3.05, 3.63) is 18.2 Å². The summed E-state index contributed by atoms with van der Waals surface area (Å²) in [6, 6.07) is 1.03. The molecule has 2 N–H and O–H groups in total. The second kappa shape index (κ2) is 2.12. The molecular formula is C6H10N. The maximum absolute atomic E-state index is 5.46. The van der Waals surface area contributed by atoms with Gasteiger partial charge in [0.2, 0.25) is 0 Å². The van der Waals surface area contributed by atoms with Crippen molar-refractivity contribution in [2.24, 2.45) is 5.73 Å². The third-order valence-corrected chi connectivity index (χ3v) is 1.17. The molecule has 0 amide bonds. The van der Waals surface area contributed by atoms with Gasteiger partial charge < -0.3 is 5.73 Å². The average Bonchev–Trinajstić information content (AvgIpc) is 1.69. The Bertz CT molecular complexity index is 76.2. The summed E-state index contributed by atoms with van der Waals surface area (Å²) < 4.78 is 0. The Morgan fingerprint density at radius 1 is 1.57 bits per heavy atom. The lowest BCUT2D eigenvalue weighted by atomic mass is 10.0. The molecule has 1 rings (SSSR count). The van der Waals surface area contributed by atoms with Gasteiger partial charge in [-0.1, -0.05) is 12.2 Å². The van der Waals surface area contributed by atoms with E-state index in [2.05, 4.69) is 6.08 Å². The monoisotopic (exact) mass is 96.1 g/mol. The molecule has 1 radical (unpaired) electrons. The Hall–Kier alpha value is -0.300. The Labute approximate surface area is 44.2 Å². The zero-order valence-corrected chi connectivity index (χ0v) is 4.35. The molecule has 0 heterocycles. The Morgan fingerprint density at radius 2 is 2.43 bits per heavy atom. The first-order valence-corrected chi connectivity index (χ1v) is 2.67. The van der Waals surface area contributed by atoms with Crippen LogP contribution in [0.25, 0.3) is 0 Å². The van der Waals surface area contributed by atoms with Gasteiger partial charge in [0, 0.05) is 0 Å². The van der Waals surface area contributed by atoms with E-state index in [0.717, 1.165) is 12.5 Å². The fourth-order valence-electron chi connectivity index (χ4n) is 0.742. The molecule has 0 aliphatic heterocycles. The molecule has 0 spiro atoms. The normalized spacial score (nSPS) is 23.0. The number of nitrogens with two attached hydrogens (primary N) is 1. The summed E-state index contributed by atoms with van der Waals surface area (Å²) in [4.78, 5) is 0. The smallest absolute Gasteiger partial charge is 0.0558 e. The summed E-state index contributed by atoms with van der Waals surface area (Å²) in [6.07, 6.45) is 7.67. The van der Waals surface area contributed by atoms with Gasteiger partial charge in [0.05, 0.1) is 6.04 Å². The van der Waals surface area contributed by atoms with E-state index < -0.39 is 0 Å². The average molecular weight is 96.2 g/mol. The number of hydrogen-bond acceptors (Lipinski definition) is 1. The van der Waals surface area contributed by atoms with Crippen LogP contribution in [0.5, 0.6) is 0 Å². The molecule has 0 atom stereocenters. The Kier molecular flexibility index (Phi) is 1.47. The van der Waals surface area contributed by atoms with Gasteiger partial charge in [-0.25, -0.2) is 0 Å². The summed E-state index contributed by atoms with van der Waals surface area (Å²) in [7, 11) is 0. The van der Waals surface area contributed by atoms with Crippen LogP contribution in [0.4, 0.5) is 0 Å². The molecule has 0 fully saturated rings. The van der Waals surface area contributed by atoms with Crippen LogP contribution in [0.15, 0.2) is 12.2 Å². The molecule has 0 unspecified atom stereocenters. The third-order valence-electron chi connectivity index (χ3n) is 1.17. The fraction of sp³-hybridized carbons (Fsp3) is 0.500. The summed E-state index contributed by atoms with van der Waals surface area (Å²) in [5.41, 5.74) is 5.46. The van der Waals surface area contributed by atoms with Crippen LogP contribution in [-0.4, -0.2) is 0 Å². The lowest BCUT2D eigenvalue weighted by Crippen LogP contribution is -2.07. The van der Waals surface area contributed by atoms with Crippen LogP contribution < -0.4 is 5.73 Å². The maximum Gasteiger partial charge on any atom is 0.0558 e. The van der Waals surface area contributed by atoms with Gasteiger partial charge in [0.1, 0.15) is 0 Å². The fourth-order valence-corrected chi connectivity index (χ4v) is 0.742. The first-order valence-electron chi connectivity index (χ1n) is 2.67. The van der Waals surface area contributed by atoms with E-state index in [1.807, 2.05) is 6.08 Å². The lowest BCUT2D eigenvalue weighted by Gasteiger charge is -2.07. The number of hydrogen-bond donors (Lipinski definition) is 1. The van der Waals surface area contributed by atoms with Crippen LogP contribution >= 0.6 is 0 Å². The molecule has 39 valence electrons. The van der Waals surface area contributed by atoms with Crippen molar-refractivity contribution in [1.29, 1.82) is 0 Å². The van der Waals surface area contributed by atoms with E-state index in [4.69, 9.17) is 5.73 Å². The van der Waals surface area contributed by atoms with E-state index >= 15 is 0 Å². The molecule has 0 bridgehead atoms. The molecule has 1 heteroatoms. The second-order valence-electron chi connectivity index (χ2n) is 1.87. The van der Waals surface area contributed by atoms with Gasteiger partial charge >= 0.3 is 0 Å². The zero-order valence-electron chi connectivity index (χ0n) is 4.35. The van der Waals surface area contributed by atoms with Gasteiger partial charge in [-0.05, 0) is 19.3 Å². The van der Waals surface area contributed by atoms with Gasteiger partial charge in [-0.15, -0.1) is 0 Å². The second-order valence-corrected chi connectivity index (χ2v) is 1.87. The summed E-state index contributed by atoms with van der Waals surface area (Å²) in [5, 5.41) is 0. The zero-order chi connectivity index (χ0) is 5.11. The highest BCUT2D eigenvalue weighted by molar-refractivity contribution is 5.08. The van der Waals surface area contributed by atoms with Gasteiger partial charge in [-0.2, -0.15) is 0 Å². The van der Waals surface area contributed by atoms with Gasteiger partial charge in [0.15, 0.2) is 0 Å². The minimum Gasteiger partial charge on any atom is -0.320 e. The quantitative estimate of drug-likeness (QED) is 0.482. The van der Waals surface area contributed by atoms with E-state index in [1.165, 1.54) is 12.8 Å². The van der Waals surface area contributed by atoms with Crippen LogP contribution in [0, 0.1) is 6.04 Å². The van der Waals surface area contributed by atoms with E-state index in [-0.39, 0.29) is 0 Å². The number of allylic oxidation sites excluding steroid dienone is 1. The maximum atomic E-state index is 5.46. The highest BCUT2D eigenvalue weighted by Gasteiger charge is 2.00. The standard InChI is InChI=1S/C6H10N/c7-6-4-2-1-3-5-6/h2,4H,1,3,5,7H2. The molecule has 1 nitrogen and oxygen atoms in total. The first-order chi connectivity index (χ1) is 3.39. The summed E-state index contributed by atoms with van der Waals surface area (Å²) in [6.45, 7) is 0. The van der Waals surface area contributed by atoms with Gasteiger partial charge in [-0.3, -0.25) is 0 Å². The summed E-state index contributed by atoms with van der Waals surface area (Å²) >= 11 is 0. The van der Waals surface area contributed by atoms with Crippen LogP contribution in [0.3, 0.4) is 0 Å². The minimum absolute atomic E-state index is 1.03. The van der Waals surface area contributed by atoms with Crippen molar-refractivity contribution in [1.82, 2.24) is 0 Å². The topological polar surface area (TPSA) is 26.0 Å². The molecule has 0 aromatic rings. The van der Waals surface area contributed by atoms with E-state index in [0.29, 0.717) is 0 Å². The molecule has 0 saturated carbocycles. The molecule has 1 aliphatic rings. The third kappa shape index (κ3) is 1.32. The van der Waals surface area contributed by atoms with Crippen LogP contribution in [-0.2, 0) is 0 Å². The van der Waals surface area contributed by atoms with Crippen molar-refractivity contribution in [3.63, 3.8) is 0 Å². The van der Waals surface area contributed by atoms with E-state index in [9.17, 15) is 0 Å². The lowest BCUT2D eigenvalue weighted by molar-refractivity contribution is 0.744. The van der Waals surface area contributed by atoms with Crippen molar-refractivity contribution in [2.45, 2.75) is 19.3 Å². The predicted octanol–water partition coefficient (Wildman–Crippen LogP) is 1.22. The van der Waals surface area contributed by atoms with Gasteiger partial charge in [0.25, 0.3) is 0 Å². The molecule has 0 aromatic heterocycles. The Balaban J connectivity index is 2.36. The van der Waals surface area contributed by atoms with Crippen molar-refractivity contribution in [3.8, 4) is 0 Å². The van der Waals surface area contributed by atoms with Crippen molar-refractivity contribution in [2.75, 3.05) is 0 Å². The van der Waals surface area contributed by atoms with Crippen molar-refractivity contribution < 1.29 is 0 Å². The molecule has 1 aliphatic carbocycles. The molecule has 0 aromatic carbocycles. The highest BCUT2D eigenvalue weighted by Crippen LogP contribution is 2.12. The SMILES string of the molecule is N[C]1C=CCCC1. The minimum atomic E-state index is 1.03. The summed E-state index contributed by atoms with van der Waals surface area (Å²) in [5.74, 6) is 0. The largest absolute Gasteiger partial charge is 0.320 e. The highest BCUT2D eigenvalue weighted by atomic mass is 14.6. The Morgan fingerprint density at radius 3 is 2.71 bits per heavy atom. The predicted molar refractivity (Wildman–Crippen MR) is 30.4 cm³/mol. The number of rotatable bonds is 0. The van der Waals surface area contributed by atoms with Crippen LogP contribution in [0.1, 0.15) is 19.3 Å². The van der Waals surface area contributed by atoms with Crippen LogP contribution in [0.2, 0.25) is 0 Å². The first kappa shape index (κ1) is 4.85. The van der Waals surface area contributed by atoms with E-state index in [1.54, 1.807) is 0 Å². The molecule has 0 saturated heterocycles. The molecule has 7 heavy (non-hydrogen) atoms.